The number of carbonyl (C=O) groups is 3. The van der Waals surface area contributed by atoms with Gasteiger partial charge >= 0.3 is 0 Å². The van der Waals surface area contributed by atoms with Gasteiger partial charge in [-0.3, -0.25) is 14.4 Å². The summed E-state index contributed by atoms with van der Waals surface area (Å²) in [6.45, 7) is 6.71. The maximum Gasteiger partial charge on any atom is 0.224 e. The molecule has 0 atom stereocenters. The number of hydrogen-bond donors (Lipinski definition) is 3. The fraction of sp³-hybridized carbons (Fsp3) is 0.106. The van der Waals surface area contributed by atoms with Crippen LogP contribution in [0.4, 0.5) is 5.69 Å². The number of benzene rings is 6. The molecule has 0 fully saturated rings. The Morgan fingerprint density at radius 2 is 0.840 bits per heavy atom. The number of H-pyrrole nitrogens is 2. The van der Waals surface area contributed by atoms with E-state index < -0.39 is 0 Å². The van der Waals surface area contributed by atoms with E-state index in [0.717, 1.165) is 89.4 Å². The molecule has 0 unspecified atom stereocenters. The number of rotatable bonds is 11. The summed E-state index contributed by atoms with van der Waals surface area (Å²) in [4.78, 5) is 58.5. The van der Waals surface area contributed by atoms with Crippen LogP contribution < -0.4 is 10.1 Å². The van der Waals surface area contributed by atoms with Crippen LogP contribution in [0.3, 0.4) is 0 Å². The van der Waals surface area contributed by atoms with E-state index in [2.05, 4.69) is 170 Å². The van der Waals surface area contributed by atoms with Crippen molar-refractivity contribution in [1.82, 2.24) is 19.9 Å². The maximum absolute atomic E-state index is 13.5. The lowest BCUT2D eigenvalue weighted by Gasteiger charge is -2.20. The number of ketones is 2. The molecule has 9 aromatic rings. The summed E-state index contributed by atoms with van der Waals surface area (Å²) in [5.41, 5.74) is 20.2. The highest BCUT2D eigenvalue weighted by Crippen LogP contribution is 2.39. The zero-order chi connectivity index (χ0) is 51.2. The second-order valence-electron chi connectivity index (χ2n) is 19.4. The Morgan fingerprint density at radius 3 is 1.28 bits per heavy atom. The molecule has 0 radical (unpaired) electrons. The van der Waals surface area contributed by atoms with Crippen LogP contribution in [0.15, 0.2) is 164 Å². The molecule has 0 saturated heterocycles. The number of aryl methyl sites for hydroxylation is 3. The van der Waals surface area contributed by atoms with Crippen molar-refractivity contribution >= 4 is 69.5 Å². The average molecular weight is 978 g/mol. The molecule has 3 aromatic heterocycles. The van der Waals surface area contributed by atoms with E-state index in [0.29, 0.717) is 47.6 Å². The van der Waals surface area contributed by atoms with Crippen molar-refractivity contribution in [2.45, 2.75) is 40.0 Å². The van der Waals surface area contributed by atoms with Crippen LogP contribution >= 0.6 is 0 Å². The van der Waals surface area contributed by atoms with Gasteiger partial charge in [0.1, 0.15) is 5.75 Å². The number of aromatic nitrogens is 4. The number of anilines is 1. The van der Waals surface area contributed by atoms with Crippen LogP contribution in [-0.4, -0.2) is 44.0 Å². The summed E-state index contributed by atoms with van der Waals surface area (Å²) in [7, 11) is 0. The van der Waals surface area contributed by atoms with Crippen LogP contribution in [0, 0.1) is 20.8 Å². The SMILES string of the molecule is Cc1ccc(-c2c3nc(c(-c4ccc(C)cc4)c4ccc([nH]4)c(-c4ccc(OCCCCC(=O)Nc5cccc6c5C(=O)c5ccccc5C6=O)cc4)c4nc(c(-c5ccc(C)cc5)c5ccc2[nH]5)C=C4)C=C3)cc1. The number of nitrogens with zero attached hydrogens (tertiary/aromatic N) is 2. The van der Waals surface area contributed by atoms with Crippen molar-refractivity contribution in [3.8, 4) is 50.3 Å². The molecule has 3 aliphatic rings. The van der Waals surface area contributed by atoms with Gasteiger partial charge in [0.15, 0.2) is 11.6 Å². The van der Waals surface area contributed by atoms with Crippen molar-refractivity contribution in [3.05, 3.63) is 226 Å². The predicted octanol–water partition coefficient (Wildman–Crippen LogP) is 15.2. The maximum atomic E-state index is 13.5. The lowest BCUT2D eigenvalue weighted by Crippen LogP contribution is -2.23. The molecular formula is C66H51N5O4. The number of aromatic amines is 2. The third kappa shape index (κ3) is 8.99. The Bertz CT molecular complexity index is 3970. The summed E-state index contributed by atoms with van der Waals surface area (Å²) in [5.74, 6) is -0.0290. The smallest absolute Gasteiger partial charge is 0.224 e. The number of fused-ring (bicyclic) bond motifs is 10. The lowest BCUT2D eigenvalue weighted by atomic mass is 9.83. The van der Waals surface area contributed by atoms with Gasteiger partial charge in [-0.15, -0.1) is 0 Å². The van der Waals surface area contributed by atoms with Gasteiger partial charge in [0, 0.05) is 67.4 Å². The van der Waals surface area contributed by atoms with Gasteiger partial charge in [-0.1, -0.05) is 138 Å². The summed E-state index contributed by atoms with van der Waals surface area (Å²) in [6.07, 6.45) is 9.87. The Balaban J connectivity index is 0.886. The predicted molar refractivity (Wildman–Crippen MR) is 303 cm³/mol. The monoisotopic (exact) mass is 977 g/mol. The van der Waals surface area contributed by atoms with Gasteiger partial charge < -0.3 is 20.0 Å². The second kappa shape index (κ2) is 19.5. The number of carbonyl (C=O) groups excluding carboxylic acids is 3. The fourth-order valence-electron chi connectivity index (χ4n) is 10.3. The first-order valence-electron chi connectivity index (χ1n) is 25.4. The summed E-state index contributed by atoms with van der Waals surface area (Å²) >= 11 is 0. The van der Waals surface area contributed by atoms with Crippen molar-refractivity contribution in [2.75, 3.05) is 11.9 Å². The highest BCUT2D eigenvalue weighted by Gasteiger charge is 2.32. The normalized spacial score (nSPS) is 12.4. The summed E-state index contributed by atoms with van der Waals surface area (Å²) in [6, 6.07) is 54.3. The first kappa shape index (κ1) is 46.6. The average Bonchev–Trinajstić information content (AvgIpc) is 4.30. The van der Waals surface area contributed by atoms with Crippen LogP contribution in [0.25, 0.3) is 90.9 Å². The van der Waals surface area contributed by atoms with E-state index in [4.69, 9.17) is 14.7 Å². The quantitative estimate of drug-likeness (QED) is 0.111. The van der Waals surface area contributed by atoms with Crippen LogP contribution in [0.2, 0.25) is 0 Å². The number of ether oxygens (including phenoxy) is 1. The van der Waals surface area contributed by atoms with E-state index in [1.54, 1.807) is 42.5 Å². The molecule has 2 aliphatic heterocycles. The zero-order valence-electron chi connectivity index (χ0n) is 41.8. The minimum atomic E-state index is -0.271. The molecule has 9 nitrogen and oxygen atoms in total. The topological polar surface area (TPSA) is 130 Å². The lowest BCUT2D eigenvalue weighted by molar-refractivity contribution is -0.116. The van der Waals surface area contributed by atoms with E-state index >= 15 is 0 Å². The van der Waals surface area contributed by atoms with E-state index in [1.807, 2.05) is 12.1 Å². The van der Waals surface area contributed by atoms with Gasteiger partial charge in [0.05, 0.1) is 40.6 Å². The summed E-state index contributed by atoms with van der Waals surface area (Å²) < 4.78 is 6.24. The summed E-state index contributed by atoms with van der Waals surface area (Å²) in [5, 5.41) is 2.90. The molecule has 6 aromatic carbocycles. The molecule has 1 aliphatic carbocycles. The van der Waals surface area contributed by atoms with Gasteiger partial charge in [0.25, 0.3) is 0 Å². The first-order valence-corrected chi connectivity index (χ1v) is 25.4. The second-order valence-corrected chi connectivity index (χ2v) is 19.4. The van der Waals surface area contributed by atoms with Gasteiger partial charge in [0.2, 0.25) is 5.91 Å². The third-order valence-corrected chi connectivity index (χ3v) is 14.2. The van der Waals surface area contributed by atoms with Crippen molar-refractivity contribution in [1.29, 1.82) is 0 Å². The van der Waals surface area contributed by atoms with Gasteiger partial charge in [-0.05, 0) is 123 Å². The van der Waals surface area contributed by atoms with E-state index in [-0.39, 0.29) is 29.5 Å². The highest BCUT2D eigenvalue weighted by molar-refractivity contribution is 6.30. The molecule has 8 bridgehead atoms. The molecule has 5 heterocycles. The van der Waals surface area contributed by atoms with Crippen LogP contribution in [0.5, 0.6) is 5.75 Å². The molecule has 364 valence electrons. The van der Waals surface area contributed by atoms with E-state index in [9.17, 15) is 14.4 Å². The standard InChI is InChI=1S/C66H51N5O4/c1-39-14-20-42(21-15-39)60-51-30-32-53(67-51)61(43-22-16-40(2)17-23-43)55-34-36-57(69-55)63(58-37-35-56(70-58)62(54-33-31-52(60)68-54)44-24-18-41(3)19-25-44)45-26-28-46(29-27-45)75-38-7-6-13-59(72)71-50-12-8-11-49-64(50)66(74)48-10-5-4-9-47(48)65(49)73/h4-5,8-12,14-37,67,70H,6-7,13,38H2,1-3H3,(H,71,72). The number of nitrogens with one attached hydrogen (secondary N) is 3. The number of hydrogen-bond acceptors (Lipinski definition) is 6. The number of amides is 1. The largest absolute Gasteiger partial charge is 0.494 e. The molecular weight excluding hydrogens is 927 g/mol. The van der Waals surface area contributed by atoms with Gasteiger partial charge in [-0.2, -0.15) is 0 Å². The zero-order valence-corrected chi connectivity index (χ0v) is 41.8. The Morgan fingerprint density at radius 1 is 0.440 bits per heavy atom. The minimum absolute atomic E-state index is 0.225. The molecule has 9 heteroatoms. The van der Waals surface area contributed by atoms with Gasteiger partial charge in [-0.25, -0.2) is 9.97 Å². The molecule has 0 spiro atoms. The Labute approximate surface area is 434 Å². The molecule has 1 amide bonds. The van der Waals surface area contributed by atoms with Crippen molar-refractivity contribution in [3.63, 3.8) is 0 Å². The van der Waals surface area contributed by atoms with Crippen LogP contribution in [0.1, 0.15) is 90.6 Å². The Kier molecular flexibility index (Phi) is 12.1. The molecule has 3 N–H and O–H groups in total. The van der Waals surface area contributed by atoms with Crippen LogP contribution in [-0.2, 0) is 4.79 Å². The minimum Gasteiger partial charge on any atom is -0.494 e. The fourth-order valence-corrected chi connectivity index (χ4v) is 10.3. The molecule has 0 saturated carbocycles. The highest BCUT2D eigenvalue weighted by atomic mass is 16.5. The third-order valence-electron chi connectivity index (χ3n) is 14.2. The van der Waals surface area contributed by atoms with Crippen molar-refractivity contribution < 1.29 is 19.1 Å². The molecule has 75 heavy (non-hydrogen) atoms. The van der Waals surface area contributed by atoms with E-state index in [1.165, 1.54) is 16.7 Å². The molecule has 12 rings (SSSR count). The first-order chi connectivity index (χ1) is 36.6. The Hall–Kier alpha value is -9.47. The van der Waals surface area contributed by atoms with Crippen molar-refractivity contribution in [2.24, 2.45) is 0 Å². The number of unbranched alkanes of at least 4 members (excludes halogenated alkanes) is 1.